The maximum absolute atomic E-state index is 14.0. The van der Waals surface area contributed by atoms with Gasteiger partial charge in [0.15, 0.2) is 0 Å². The van der Waals surface area contributed by atoms with Crippen molar-refractivity contribution in [3.63, 3.8) is 0 Å². The molecule has 0 saturated carbocycles. The SMILES string of the molecule is COc1ccc(CN(Cc2ccc(OC)cc2OC)S(=O)(=O)[C@@H](C)[C@@H](O)c2ccc(Br)cn2)c(OC)c1.COc1ccc(CN(Cc2ccc(OC)cc2OC)S(=O)(=O)[C@@H](C)[C@@H](O)c2ccc(Br)cn2)c(OC)c1.COc1ccc(CN(Cc2ccc(OC)cc2OC)S(=O)(=O)[C@@H](C)[C@H](O)c2ccc(Br)cn2)c(OC)c1.COc1ccc(CN(Cc2ccc(OC)cc2OC)S(=O)(=O)[C@@H](C)[C@H](O)c2ccc(Br)cn2)c(OC)c1. The van der Waals surface area contributed by atoms with Crippen molar-refractivity contribution in [1.82, 2.24) is 37.2 Å². The highest BCUT2D eigenvalue weighted by molar-refractivity contribution is 9.11. The fourth-order valence-electron chi connectivity index (χ4n) is 15.1. The van der Waals surface area contributed by atoms with Crippen molar-refractivity contribution < 1.29 is 130 Å². The monoisotopic (exact) mass is 2380 g/mol. The Bertz CT molecular complexity index is 5790. The first-order chi connectivity index (χ1) is 70.5. The zero-order valence-corrected chi connectivity index (χ0v) is 95.0. The molecule has 12 aromatic rings. The second-order valence-electron chi connectivity index (χ2n) is 32.9. The molecule has 0 aliphatic heterocycles. The fourth-order valence-corrected chi connectivity index (χ4v) is 22.4. The Kier molecular flexibility index (Phi) is 45.8. The highest BCUT2D eigenvalue weighted by Gasteiger charge is 2.42. The van der Waals surface area contributed by atoms with E-state index in [2.05, 4.69) is 83.7 Å². The molecule has 0 aliphatic carbocycles. The van der Waals surface area contributed by atoms with Crippen LogP contribution >= 0.6 is 63.7 Å². The molecular formula is C104H124Br4N8O28S4. The lowest BCUT2D eigenvalue weighted by molar-refractivity contribution is 0.167. The normalized spacial score (nSPS) is 13.2. The Labute approximate surface area is 899 Å². The van der Waals surface area contributed by atoms with E-state index in [9.17, 15) is 54.1 Å². The maximum Gasteiger partial charge on any atom is 0.220 e. The highest BCUT2D eigenvalue weighted by atomic mass is 79.9. The van der Waals surface area contributed by atoms with Gasteiger partial charge in [0, 0.05) is 188 Å². The molecule has 0 saturated heterocycles. The number of aromatic nitrogens is 4. The van der Waals surface area contributed by atoms with Crippen molar-refractivity contribution in [1.29, 1.82) is 0 Å². The number of hydrogen-bond acceptors (Lipinski definition) is 32. The van der Waals surface area contributed by atoms with Gasteiger partial charge in [0.05, 0.1) is 137 Å². The van der Waals surface area contributed by atoms with Gasteiger partial charge in [-0.2, -0.15) is 17.2 Å². The second kappa shape index (κ2) is 56.4. The van der Waals surface area contributed by atoms with Crippen LogP contribution in [-0.4, -0.2) is 226 Å². The minimum atomic E-state index is -4.08. The number of aliphatic hydroxyl groups is 4. The van der Waals surface area contributed by atoms with E-state index < -0.39 is 85.5 Å². The lowest BCUT2D eigenvalue weighted by atomic mass is 10.1. The molecule has 0 aliphatic rings. The van der Waals surface area contributed by atoms with Gasteiger partial charge in [-0.25, -0.2) is 33.7 Å². The molecule has 4 aromatic heterocycles. The Balaban J connectivity index is 0.000000219. The molecule has 8 aromatic carbocycles. The van der Waals surface area contributed by atoms with Gasteiger partial charge in [-0.3, -0.25) is 19.9 Å². The van der Waals surface area contributed by atoms with Crippen LogP contribution in [0, 0.1) is 0 Å². The summed E-state index contributed by atoms with van der Waals surface area (Å²) in [6, 6.07) is 54.6. The number of pyridine rings is 4. The molecule has 0 bridgehead atoms. The summed E-state index contributed by atoms with van der Waals surface area (Å²) in [5.74, 6) is 8.45. The molecule has 12 rings (SSSR count). The average molecular weight is 2380 g/mol. The van der Waals surface area contributed by atoms with Crippen LogP contribution in [-0.2, 0) is 92.5 Å². The highest BCUT2D eigenvalue weighted by Crippen LogP contribution is 2.41. The summed E-state index contributed by atoms with van der Waals surface area (Å²) in [5, 5.41) is 39.1. The molecule has 36 nitrogen and oxygen atoms in total. The molecule has 8 atom stereocenters. The Morgan fingerprint density at radius 2 is 0.345 bits per heavy atom. The number of aliphatic hydroxyl groups excluding tert-OH is 4. The van der Waals surface area contributed by atoms with Crippen LogP contribution in [0.4, 0.5) is 0 Å². The van der Waals surface area contributed by atoms with Crippen LogP contribution in [0.2, 0.25) is 0 Å². The molecule has 4 heterocycles. The first-order valence-corrected chi connectivity index (χ1v) is 54.6. The Morgan fingerprint density at radius 3 is 0.446 bits per heavy atom. The van der Waals surface area contributed by atoms with E-state index in [4.69, 9.17) is 75.8 Å². The van der Waals surface area contributed by atoms with Gasteiger partial charge >= 0.3 is 0 Å². The van der Waals surface area contributed by atoms with Crippen molar-refractivity contribution in [2.75, 3.05) is 114 Å². The first-order valence-electron chi connectivity index (χ1n) is 45.4. The molecule has 0 spiro atoms. The molecule has 148 heavy (non-hydrogen) atoms. The summed E-state index contributed by atoms with van der Waals surface area (Å²) in [4.78, 5) is 16.7. The van der Waals surface area contributed by atoms with Gasteiger partial charge in [-0.15, -0.1) is 0 Å². The van der Waals surface area contributed by atoms with E-state index in [0.717, 1.165) is 17.9 Å². The summed E-state index contributed by atoms with van der Waals surface area (Å²) in [7, 11) is 8.10. The molecule has 0 unspecified atom stereocenters. The predicted molar refractivity (Wildman–Crippen MR) is 574 cm³/mol. The third-order valence-electron chi connectivity index (χ3n) is 24.0. The first kappa shape index (κ1) is 120. The lowest BCUT2D eigenvalue weighted by Crippen LogP contribution is -2.39. The predicted octanol–water partition coefficient (Wildman–Crippen LogP) is 17.3. The van der Waals surface area contributed by atoms with Crippen LogP contribution in [0.25, 0.3) is 0 Å². The van der Waals surface area contributed by atoms with Crippen LogP contribution < -0.4 is 75.8 Å². The van der Waals surface area contributed by atoms with E-state index in [1.807, 2.05) is 0 Å². The summed E-state index contributed by atoms with van der Waals surface area (Å²) in [6.07, 6.45) is 0.653. The van der Waals surface area contributed by atoms with Gasteiger partial charge in [0.1, 0.15) is 137 Å². The van der Waals surface area contributed by atoms with Crippen molar-refractivity contribution in [2.45, 2.75) is 125 Å². The van der Waals surface area contributed by atoms with Gasteiger partial charge in [0.25, 0.3) is 0 Å². The van der Waals surface area contributed by atoms with Crippen molar-refractivity contribution in [3.8, 4) is 92.0 Å². The van der Waals surface area contributed by atoms with Crippen molar-refractivity contribution >= 4 is 104 Å². The van der Waals surface area contributed by atoms with E-state index >= 15 is 0 Å². The van der Waals surface area contributed by atoms with Gasteiger partial charge in [0.2, 0.25) is 40.1 Å². The number of ether oxygens (including phenoxy) is 16. The van der Waals surface area contributed by atoms with E-state index in [1.165, 1.54) is 127 Å². The van der Waals surface area contributed by atoms with Gasteiger partial charge in [-0.1, -0.05) is 48.5 Å². The zero-order valence-electron chi connectivity index (χ0n) is 85.4. The summed E-state index contributed by atoms with van der Waals surface area (Å²) in [6.45, 7) is 5.72. The number of halogens is 4. The van der Waals surface area contributed by atoms with E-state index in [0.29, 0.717) is 136 Å². The number of benzene rings is 8. The second-order valence-corrected chi connectivity index (χ2v) is 45.7. The van der Waals surface area contributed by atoms with Crippen LogP contribution in [0.5, 0.6) is 92.0 Å². The van der Waals surface area contributed by atoms with E-state index in [-0.39, 0.29) is 75.1 Å². The topological polar surface area (TPSA) is 430 Å². The standard InChI is InChI=1S/4C26H31BrN2O7S/c4*1-17(26(30)23-11-8-20(27)14-28-23)37(31,32)29(15-18-6-9-21(33-2)12-24(18)35-4)16-19-7-10-22(34-3)13-25(19)36-5/h4*6-14,17,26,30H,15-16H2,1-5H3/t2*17-,26+;2*17-,26-/m0000/s1. The Morgan fingerprint density at radius 1 is 0.216 bits per heavy atom. The fraction of sp³-hybridized carbons (Fsp3) is 0.346. The number of nitrogens with zero attached hydrogens (tertiary/aromatic N) is 8. The number of sulfonamides is 4. The molecule has 0 amide bonds. The maximum atomic E-state index is 14.0. The van der Waals surface area contributed by atoms with Crippen molar-refractivity contribution in [3.05, 3.63) is 304 Å². The minimum absolute atomic E-state index is 0.0183. The van der Waals surface area contributed by atoms with Gasteiger partial charge < -0.3 is 96.2 Å². The third-order valence-corrected chi connectivity index (χ3v) is 34.6. The summed E-state index contributed by atoms with van der Waals surface area (Å²) >= 11 is 13.2. The zero-order chi connectivity index (χ0) is 109. The van der Waals surface area contributed by atoms with Gasteiger partial charge in [-0.05, 0) is 188 Å². The molecule has 4 N–H and O–H groups in total. The number of methoxy groups -OCH3 is 16. The summed E-state index contributed by atoms with van der Waals surface area (Å²) < 4.78 is 206. The molecule has 0 fully saturated rings. The Hall–Kier alpha value is -11.4. The quantitative estimate of drug-likeness (QED) is 0.0275. The van der Waals surface area contributed by atoms with Crippen LogP contribution in [0.3, 0.4) is 0 Å². The smallest absolute Gasteiger partial charge is 0.220 e. The van der Waals surface area contributed by atoms with Crippen LogP contribution in [0.1, 0.15) is 119 Å². The number of rotatable bonds is 48. The molecule has 44 heteroatoms. The molecular weight excluding hydrogens is 2260 g/mol. The average Bonchev–Trinajstić information content (AvgIpc) is 0.795. The minimum Gasteiger partial charge on any atom is -0.497 e. The number of hydrogen-bond donors (Lipinski definition) is 4. The lowest BCUT2D eigenvalue weighted by Gasteiger charge is -2.29. The van der Waals surface area contributed by atoms with E-state index in [1.54, 1.807) is 251 Å². The summed E-state index contributed by atoms with van der Waals surface area (Å²) in [5.41, 5.74) is 6.03. The third kappa shape index (κ3) is 31.4. The largest absolute Gasteiger partial charge is 0.497 e. The molecule has 0 radical (unpaired) electrons. The molecule has 800 valence electrons. The van der Waals surface area contributed by atoms with Crippen molar-refractivity contribution in [2.24, 2.45) is 0 Å². The van der Waals surface area contributed by atoms with Crippen LogP contribution in [0.15, 0.2) is 237 Å².